The topological polar surface area (TPSA) is 58.6 Å². The van der Waals surface area contributed by atoms with Crippen LogP contribution < -0.4 is 5.32 Å². The maximum atomic E-state index is 11.5. The van der Waals surface area contributed by atoms with E-state index in [1.165, 1.54) is 0 Å². The van der Waals surface area contributed by atoms with Gasteiger partial charge in [0.05, 0.1) is 13.2 Å². The van der Waals surface area contributed by atoms with Crippen molar-refractivity contribution in [2.24, 2.45) is 0 Å². The van der Waals surface area contributed by atoms with Crippen LogP contribution in [0.4, 0.5) is 0 Å². The fraction of sp³-hybridized carbons (Fsp3) is 0.846. The Balaban J connectivity index is 4.03. The number of carbonyl (C=O) groups excluding carboxylic acids is 2. The lowest BCUT2D eigenvalue weighted by molar-refractivity contribution is -0.144. The molecule has 0 fully saturated rings. The van der Waals surface area contributed by atoms with E-state index in [1.54, 1.807) is 6.92 Å². The van der Waals surface area contributed by atoms with Crippen molar-refractivity contribution in [1.29, 1.82) is 0 Å². The summed E-state index contributed by atoms with van der Waals surface area (Å²) in [6.45, 7) is 9.74. The van der Waals surface area contributed by atoms with Crippen LogP contribution in [0.15, 0.2) is 0 Å². The number of nitrogens with zero attached hydrogens (tertiary/aromatic N) is 1. The Morgan fingerprint density at radius 2 is 1.89 bits per heavy atom. The fourth-order valence-corrected chi connectivity index (χ4v) is 1.63. The van der Waals surface area contributed by atoms with E-state index in [1.807, 2.05) is 25.7 Å². The SMILES string of the molecule is CCCN(CCC(=O)NC(C)C)CC(=O)OCC. The van der Waals surface area contributed by atoms with Crippen molar-refractivity contribution >= 4 is 11.9 Å². The molecule has 0 aliphatic heterocycles. The number of esters is 1. The summed E-state index contributed by atoms with van der Waals surface area (Å²) < 4.78 is 4.91. The summed E-state index contributed by atoms with van der Waals surface area (Å²) in [6, 6.07) is 0.155. The average Bonchev–Trinajstić information content (AvgIpc) is 2.25. The minimum atomic E-state index is -0.227. The molecule has 0 saturated carbocycles. The van der Waals surface area contributed by atoms with Crippen LogP contribution >= 0.6 is 0 Å². The zero-order chi connectivity index (χ0) is 14.0. The number of rotatable bonds is 9. The zero-order valence-electron chi connectivity index (χ0n) is 12.0. The minimum Gasteiger partial charge on any atom is -0.465 e. The predicted octanol–water partition coefficient (Wildman–Crippen LogP) is 1.18. The molecule has 106 valence electrons. The highest BCUT2D eigenvalue weighted by molar-refractivity contribution is 5.76. The van der Waals surface area contributed by atoms with Gasteiger partial charge in [0.25, 0.3) is 0 Å². The Hall–Kier alpha value is -1.10. The molecule has 0 aromatic rings. The van der Waals surface area contributed by atoms with Gasteiger partial charge in [-0.1, -0.05) is 6.92 Å². The molecule has 0 heterocycles. The fourth-order valence-electron chi connectivity index (χ4n) is 1.63. The van der Waals surface area contributed by atoms with Crippen LogP contribution in [0.25, 0.3) is 0 Å². The van der Waals surface area contributed by atoms with Crippen molar-refractivity contribution in [3.63, 3.8) is 0 Å². The Morgan fingerprint density at radius 1 is 1.22 bits per heavy atom. The molecule has 1 amide bonds. The third kappa shape index (κ3) is 8.98. The van der Waals surface area contributed by atoms with Gasteiger partial charge < -0.3 is 10.1 Å². The first kappa shape index (κ1) is 16.9. The second-order valence-corrected chi connectivity index (χ2v) is 4.55. The van der Waals surface area contributed by atoms with E-state index in [0.29, 0.717) is 19.6 Å². The molecule has 0 aromatic carbocycles. The lowest BCUT2D eigenvalue weighted by atomic mass is 10.3. The Kier molecular flexibility index (Phi) is 9.28. The van der Waals surface area contributed by atoms with Crippen LogP contribution in [0.1, 0.15) is 40.5 Å². The number of hydrogen-bond acceptors (Lipinski definition) is 4. The highest BCUT2D eigenvalue weighted by Gasteiger charge is 2.12. The third-order valence-corrected chi connectivity index (χ3v) is 2.30. The summed E-state index contributed by atoms with van der Waals surface area (Å²) in [5.74, 6) is -0.204. The Bertz CT molecular complexity index is 255. The van der Waals surface area contributed by atoms with Crippen LogP contribution in [-0.4, -0.2) is 49.1 Å². The van der Waals surface area contributed by atoms with E-state index in [2.05, 4.69) is 5.32 Å². The van der Waals surface area contributed by atoms with Gasteiger partial charge in [-0.05, 0) is 33.7 Å². The molecule has 0 unspecified atom stereocenters. The normalized spacial score (nSPS) is 10.8. The maximum absolute atomic E-state index is 11.5. The van der Waals surface area contributed by atoms with Crippen LogP contribution in [0, 0.1) is 0 Å². The molecule has 0 bridgehead atoms. The molecule has 0 atom stereocenters. The van der Waals surface area contributed by atoms with E-state index in [-0.39, 0.29) is 24.5 Å². The molecule has 5 nitrogen and oxygen atoms in total. The van der Waals surface area contributed by atoms with Gasteiger partial charge in [-0.3, -0.25) is 14.5 Å². The van der Waals surface area contributed by atoms with Gasteiger partial charge >= 0.3 is 5.97 Å². The summed E-state index contributed by atoms with van der Waals surface area (Å²) in [7, 11) is 0. The molecule has 5 heteroatoms. The molecule has 0 radical (unpaired) electrons. The smallest absolute Gasteiger partial charge is 0.320 e. The van der Waals surface area contributed by atoms with Crippen molar-refractivity contribution in [3.05, 3.63) is 0 Å². The van der Waals surface area contributed by atoms with Gasteiger partial charge in [-0.2, -0.15) is 0 Å². The summed E-state index contributed by atoms with van der Waals surface area (Å²) in [5.41, 5.74) is 0. The average molecular weight is 258 g/mol. The molecule has 0 spiro atoms. The van der Waals surface area contributed by atoms with E-state index >= 15 is 0 Å². The van der Waals surface area contributed by atoms with Crippen molar-refractivity contribution in [2.75, 3.05) is 26.2 Å². The molecule has 0 aliphatic carbocycles. The standard InChI is InChI=1S/C13H26N2O3/c1-5-8-15(10-13(17)18-6-2)9-7-12(16)14-11(3)4/h11H,5-10H2,1-4H3,(H,14,16). The van der Waals surface area contributed by atoms with Crippen LogP contribution in [0.2, 0.25) is 0 Å². The monoisotopic (exact) mass is 258 g/mol. The van der Waals surface area contributed by atoms with Crippen molar-refractivity contribution in [3.8, 4) is 0 Å². The molecule has 18 heavy (non-hydrogen) atoms. The van der Waals surface area contributed by atoms with Gasteiger partial charge in [-0.15, -0.1) is 0 Å². The largest absolute Gasteiger partial charge is 0.465 e. The third-order valence-electron chi connectivity index (χ3n) is 2.30. The van der Waals surface area contributed by atoms with E-state index in [0.717, 1.165) is 13.0 Å². The maximum Gasteiger partial charge on any atom is 0.320 e. The highest BCUT2D eigenvalue weighted by Crippen LogP contribution is 1.96. The minimum absolute atomic E-state index is 0.0231. The van der Waals surface area contributed by atoms with Gasteiger partial charge in [-0.25, -0.2) is 0 Å². The lowest BCUT2D eigenvalue weighted by Crippen LogP contribution is -2.37. The van der Waals surface area contributed by atoms with E-state index in [4.69, 9.17) is 4.74 Å². The molecule has 0 aliphatic rings. The van der Waals surface area contributed by atoms with Gasteiger partial charge in [0, 0.05) is 19.0 Å². The number of ether oxygens (including phenoxy) is 1. The van der Waals surface area contributed by atoms with E-state index < -0.39 is 0 Å². The van der Waals surface area contributed by atoms with Crippen LogP contribution in [-0.2, 0) is 14.3 Å². The van der Waals surface area contributed by atoms with Crippen molar-refractivity contribution in [2.45, 2.75) is 46.6 Å². The molecule has 0 aromatic heterocycles. The quantitative estimate of drug-likeness (QED) is 0.631. The van der Waals surface area contributed by atoms with Gasteiger partial charge in [0.1, 0.15) is 0 Å². The van der Waals surface area contributed by atoms with E-state index in [9.17, 15) is 9.59 Å². The summed E-state index contributed by atoms with van der Waals surface area (Å²) >= 11 is 0. The number of carbonyl (C=O) groups is 2. The predicted molar refractivity (Wildman–Crippen MR) is 71.3 cm³/mol. The summed E-state index contributed by atoms with van der Waals surface area (Å²) in [6.07, 6.45) is 1.36. The second-order valence-electron chi connectivity index (χ2n) is 4.55. The number of nitrogens with one attached hydrogen (secondary N) is 1. The summed E-state index contributed by atoms with van der Waals surface area (Å²) in [4.78, 5) is 24.9. The second kappa shape index (κ2) is 9.88. The van der Waals surface area contributed by atoms with Crippen molar-refractivity contribution < 1.29 is 14.3 Å². The number of hydrogen-bond donors (Lipinski definition) is 1. The first-order valence-corrected chi connectivity index (χ1v) is 6.66. The van der Waals surface area contributed by atoms with Gasteiger partial charge in [0.2, 0.25) is 5.91 Å². The Morgan fingerprint density at radius 3 is 2.39 bits per heavy atom. The highest BCUT2D eigenvalue weighted by atomic mass is 16.5. The van der Waals surface area contributed by atoms with Crippen LogP contribution in [0.5, 0.6) is 0 Å². The van der Waals surface area contributed by atoms with Crippen molar-refractivity contribution in [1.82, 2.24) is 10.2 Å². The molecular formula is C13H26N2O3. The number of amides is 1. The molecule has 1 N–H and O–H groups in total. The molecular weight excluding hydrogens is 232 g/mol. The zero-order valence-corrected chi connectivity index (χ0v) is 12.0. The van der Waals surface area contributed by atoms with Crippen LogP contribution in [0.3, 0.4) is 0 Å². The first-order chi connectivity index (χ1) is 8.49. The first-order valence-electron chi connectivity index (χ1n) is 6.66. The lowest BCUT2D eigenvalue weighted by Gasteiger charge is -2.20. The Labute approximate surface area is 110 Å². The molecule has 0 rings (SSSR count). The summed E-state index contributed by atoms with van der Waals surface area (Å²) in [5, 5.41) is 2.84. The van der Waals surface area contributed by atoms with Gasteiger partial charge in [0.15, 0.2) is 0 Å². The molecule has 0 saturated heterocycles.